The van der Waals surface area contributed by atoms with Crippen LogP contribution in [-0.2, 0) is 6.42 Å². The molecule has 0 amide bonds. The predicted octanol–water partition coefficient (Wildman–Crippen LogP) is 3.28. The van der Waals surface area contributed by atoms with Crippen LogP contribution in [0.25, 0.3) is 0 Å². The molecule has 0 saturated carbocycles. The normalized spacial score (nSPS) is 12.4. The Kier molecular flexibility index (Phi) is 3.78. The third kappa shape index (κ3) is 2.77. The van der Waals surface area contributed by atoms with Crippen LogP contribution in [0.15, 0.2) is 36.7 Å². The van der Waals surface area contributed by atoms with Crippen molar-refractivity contribution in [2.75, 3.05) is 0 Å². The van der Waals surface area contributed by atoms with Gasteiger partial charge in [-0.2, -0.15) is 0 Å². The van der Waals surface area contributed by atoms with Crippen LogP contribution in [0.1, 0.15) is 33.9 Å². The highest BCUT2D eigenvalue weighted by molar-refractivity contribution is 5.33. The molecule has 0 spiro atoms. The van der Waals surface area contributed by atoms with Crippen molar-refractivity contribution in [2.45, 2.75) is 33.3 Å². The number of hydrogen-bond donors (Lipinski definition) is 1. The van der Waals surface area contributed by atoms with Crippen molar-refractivity contribution < 1.29 is 5.11 Å². The minimum atomic E-state index is -0.464. The molecule has 0 aliphatic rings. The van der Waals surface area contributed by atoms with E-state index in [1.54, 1.807) is 12.4 Å². The monoisotopic (exact) mass is 241 g/mol. The topological polar surface area (TPSA) is 33.1 Å². The Morgan fingerprint density at radius 2 is 1.89 bits per heavy atom. The van der Waals surface area contributed by atoms with Crippen LogP contribution in [0.5, 0.6) is 0 Å². The lowest BCUT2D eigenvalue weighted by molar-refractivity contribution is 0.177. The zero-order valence-electron chi connectivity index (χ0n) is 11.1. The van der Waals surface area contributed by atoms with Crippen molar-refractivity contribution in [3.63, 3.8) is 0 Å². The van der Waals surface area contributed by atoms with E-state index in [-0.39, 0.29) is 0 Å². The molecule has 2 nitrogen and oxygen atoms in total. The van der Waals surface area contributed by atoms with Crippen LogP contribution in [0.2, 0.25) is 0 Å². The summed E-state index contributed by atoms with van der Waals surface area (Å²) in [5, 5.41) is 10.3. The molecular weight excluding hydrogens is 222 g/mol. The number of benzene rings is 1. The summed E-state index contributed by atoms with van der Waals surface area (Å²) >= 11 is 0. The van der Waals surface area contributed by atoms with E-state index in [1.807, 2.05) is 13.0 Å². The second-order valence-corrected chi connectivity index (χ2v) is 4.88. The number of aliphatic hydroxyl groups excluding tert-OH is 1. The van der Waals surface area contributed by atoms with Gasteiger partial charge in [-0.25, -0.2) is 0 Å². The highest BCUT2D eigenvalue weighted by atomic mass is 16.3. The Bertz CT molecular complexity index is 549. The third-order valence-electron chi connectivity index (χ3n) is 3.34. The fourth-order valence-corrected chi connectivity index (χ4v) is 2.20. The van der Waals surface area contributed by atoms with Gasteiger partial charge >= 0.3 is 0 Å². The number of aliphatic hydroxyl groups is 1. The van der Waals surface area contributed by atoms with Gasteiger partial charge in [-0.3, -0.25) is 4.98 Å². The molecule has 1 atom stereocenters. The van der Waals surface area contributed by atoms with Gasteiger partial charge < -0.3 is 5.11 Å². The van der Waals surface area contributed by atoms with Crippen molar-refractivity contribution in [2.24, 2.45) is 0 Å². The van der Waals surface area contributed by atoms with Gasteiger partial charge in [0.25, 0.3) is 0 Å². The minimum Gasteiger partial charge on any atom is -0.388 e. The average molecular weight is 241 g/mol. The molecule has 0 radical (unpaired) electrons. The van der Waals surface area contributed by atoms with Crippen LogP contribution in [0.3, 0.4) is 0 Å². The van der Waals surface area contributed by atoms with Gasteiger partial charge in [-0.1, -0.05) is 23.8 Å². The van der Waals surface area contributed by atoms with Crippen LogP contribution >= 0.6 is 0 Å². The standard InChI is InChI=1S/C16H19NO/c1-11-4-5-12(2)14(8-11)9-16(18)15-6-7-17-10-13(15)3/h4-8,10,16,18H,9H2,1-3H3. The molecule has 2 heteroatoms. The maximum absolute atomic E-state index is 10.3. The summed E-state index contributed by atoms with van der Waals surface area (Å²) in [6.07, 6.45) is 3.71. The van der Waals surface area contributed by atoms with E-state index < -0.39 is 6.10 Å². The molecular formula is C16H19NO. The highest BCUT2D eigenvalue weighted by Gasteiger charge is 2.12. The van der Waals surface area contributed by atoms with Crippen molar-refractivity contribution in [3.05, 3.63) is 64.5 Å². The Labute approximate surface area is 108 Å². The van der Waals surface area contributed by atoms with Crippen molar-refractivity contribution in [1.29, 1.82) is 0 Å². The molecule has 0 aliphatic carbocycles. The summed E-state index contributed by atoms with van der Waals surface area (Å²) in [5.74, 6) is 0. The number of aryl methyl sites for hydroxylation is 3. The van der Waals surface area contributed by atoms with Crippen molar-refractivity contribution in [3.8, 4) is 0 Å². The lowest BCUT2D eigenvalue weighted by Crippen LogP contribution is -2.05. The lowest BCUT2D eigenvalue weighted by Gasteiger charge is -2.15. The molecule has 1 heterocycles. The van der Waals surface area contributed by atoms with Crippen LogP contribution in [0, 0.1) is 20.8 Å². The molecule has 0 saturated heterocycles. The number of nitrogens with zero attached hydrogens (tertiary/aromatic N) is 1. The van der Waals surface area contributed by atoms with Crippen molar-refractivity contribution in [1.82, 2.24) is 4.98 Å². The quantitative estimate of drug-likeness (QED) is 0.894. The maximum atomic E-state index is 10.3. The first-order valence-corrected chi connectivity index (χ1v) is 6.22. The average Bonchev–Trinajstić information content (AvgIpc) is 2.34. The number of pyridine rings is 1. The Morgan fingerprint density at radius 3 is 2.61 bits per heavy atom. The Morgan fingerprint density at radius 1 is 1.11 bits per heavy atom. The van der Waals surface area contributed by atoms with Crippen molar-refractivity contribution >= 4 is 0 Å². The summed E-state index contributed by atoms with van der Waals surface area (Å²) in [6, 6.07) is 8.25. The second kappa shape index (κ2) is 5.32. The van der Waals surface area contributed by atoms with Gasteiger partial charge in [0.1, 0.15) is 0 Å². The predicted molar refractivity (Wildman–Crippen MR) is 73.6 cm³/mol. The lowest BCUT2D eigenvalue weighted by atomic mass is 9.95. The molecule has 0 bridgehead atoms. The van der Waals surface area contributed by atoms with E-state index in [9.17, 15) is 5.11 Å². The van der Waals surface area contributed by atoms with Crippen LogP contribution in [0.4, 0.5) is 0 Å². The molecule has 1 aromatic heterocycles. The van der Waals surface area contributed by atoms with Gasteiger partial charge in [0.15, 0.2) is 0 Å². The van der Waals surface area contributed by atoms with E-state index in [0.717, 1.165) is 11.1 Å². The molecule has 2 rings (SSSR count). The fraction of sp³-hybridized carbons (Fsp3) is 0.312. The third-order valence-corrected chi connectivity index (χ3v) is 3.34. The summed E-state index contributed by atoms with van der Waals surface area (Å²) in [4.78, 5) is 4.05. The SMILES string of the molecule is Cc1ccc(C)c(CC(O)c2ccncc2C)c1. The molecule has 2 aromatic rings. The smallest absolute Gasteiger partial charge is 0.0834 e. The second-order valence-electron chi connectivity index (χ2n) is 4.88. The van der Waals surface area contributed by atoms with E-state index in [4.69, 9.17) is 0 Å². The van der Waals surface area contributed by atoms with E-state index in [0.29, 0.717) is 6.42 Å². The molecule has 1 aromatic carbocycles. The Hall–Kier alpha value is -1.67. The van der Waals surface area contributed by atoms with Gasteiger partial charge in [-0.15, -0.1) is 0 Å². The molecule has 1 unspecified atom stereocenters. The van der Waals surface area contributed by atoms with E-state index in [2.05, 4.69) is 37.0 Å². The van der Waals surface area contributed by atoms with Gasteiger partial charge in [-0.05, 0) is 49.1 Å². The van der Waals surface area contributed by atoms with E-state index >= 15 is 0 Å². The van der Waals surface area contributed by atoms with Gasteiger partial charge in [0.05, 0.1) is 6.10 Å². The van der Waals surface area contributed by atoms with E-state index in [1.165, 1.54) is 16.7 Å². The number of rotatable bonds is 3. The Balaban J connectivity index is 2.24. The maximum Gasteiger partial charge on any atom is 0.0834 e. The highest BCUT2D eigenvalue weighted by Crippen LogP contribution is 2.23. The molecule has 18 heavy (non-hydrogen) atoms. The summed E-state index contributed by atoms with van der Waals surface area (Å²) in [7, 11) is 0. The zero-order chi connectivity index (χ0) is 13.1. The largest absolute Gasteiger partial charge is 0.388 e. The molecule has 1 N–H and O–H groups in total. The van der Waals surface area contributed by atoms with Crippen LogP contribution in [-0.4, -0.2) is 10.1 Å². The zero-order valence-corrected chi connectivity index (χ0v) is 11.1. The first-order valence-electron chi connectivity index (χ1n) is 6.22. The molecule has 0 fully saturated rings. The number of aromatic nitrogens is 1. The van der Waals surface area contributed by atoms with Gasteiger partial charge in [0, 0.05) is 18.8 Å². The summed E-state index contributed by atoms with van der Waals surface area (Å²) in [5.41, 5.74) is 5.67. The van der Waals surface area contributed by atoms with Crippen LogP contribution < -0.4 is 0 Å². The van der Waals surface area contributed by atoms with Gasteiger partial charge in [0.2, 0.25) is 0 Å². The first-order chi connectivity index (χ1) is 8.58. The first kappa shape index (κ1) is 12.8. The number of hydrogen-bond acceptors (Lipinski definition) is 2. The summed E-state index contributed by atoms with van der Waals surface area (Å²) < 4.78 is 0. The summed E-state index contributed by atoms with van der Waals surface area (Å²) in [6.45, 7) is 6.14. The molecule has 0 aliphatic heterocycles. The fourth-order valence-electron chi connectivity index (χ4n) is 2.20. The minimum absolute atomic E-state index is 0.464. The molecule has 94 valence electrons.